The number of imidazole rings is 2. The van der Waals surface area contributed by atoms with Crippen molar-refractivity contribution in [3.8, 4) is 11.4 Å². The summed E-state index contributed by atoms with van der Waals surface area (Å²) in [6, 6.07) is 4.71. The highest BCUT2D eigenvalue weighted by Crippen LogP contribution is 2.30. The number of pyridine rings is 1. The molecule has 0 atom stereocenters. The Labute approximate surface area is 136 Å². The lowest BCUT2D eigenvalue weighted by Crippen LogP contribution is -2.23. The summed E-state index contributed by atoms with van der Waals surface area (Å²) in [5.74, 6) is 1.99. The largest absolute Gasteiger partial charge is 0.367 e. The molecule has 1 aliphatic carbocycles. The summed E-state index contributed by atoms with van der Waals surface area (Å²) >= 11 is 0. The van der Waals surface area contributed by atoms with Crippen LogP contribution in [0.2, 0.25) is 0 Å². The maximum absolute atomic E-state index is 4.82. The highest BCUT2D eigenvalue weighted by atomic mass is 15.2. The second kappa shape index (κ2) is 5.72. The predicted octanol–water partition coefficient (Wildman–Crippen LogP) is 4.09. The molecule has 4 rings (SSSR count). The number of nitrogens with zero attached hydrogens (tertiary/aromatic N) is 3. The number of hydrogen-bond donors (Lipinski definition) is 2. The summed E-state index contributed by atoms with van der Waals surface area (Å²) in [6.07, 6.45) is 10.5. The molecule has 3 aromatic rings. The van der Waals surface area contributed by atoms with Crippen molar-refractivity contribution >= 4 is 11.5 Å². The highest BCUT2D eigenvalue weighted by Gasteiger charge is 2.20. The van der Waals surface area contributed by atoms with Gasteiger partial charge in [-0.05, 0) is 38.3 Å². The van der Waals surface area contributed by atoms with Crippen molar-refractivity contribution in [3.05, 3.63) is 35.9 Å². The highest BCUT2D eigenvalue weighted by molar-refractivity contribution is 5.74. The minimum Gasteiger partial charge on any atom is -0.367 e. The number of hydrogen-bond acceptors (Lipinski definition) is 3. The smallest absolute Gasteiger partial charge is 0.140 e. The van der Waals surface area contributed by atoms with Crippen LogP contribution in [0.4, 0.5) is 5.82 Å². The fourth-order valence-electron chi connectivity index (χ4n) is 3.45. The van der Waals surface area contributed by atoms with Crippen LogP contribution in [0.3, 0.4) is 0 Å². The number of nitrogens with one attached hydrogen (secondary N) is 2. The lowest BCUT2D eigenvalue weighted by molar-refractivity contribution is 0.461. The first kappa shape index (κ1) is 14.3. The normalized spacial score (nSPS) is 16.1. The number of aromatic amines is 1. The van der Waals surface area contributed by atoms with Crippen LogP contribution in [0.25, 0.3) is 17.0 Å². The van der Waals surface area contributed by atoms with E-state index in [1.165, 1.54) is 37.7 Å². The van der Waals surface area contributed by atoms with E-state index in [0.717, 1.165) is 28.7 Å². The Morgan fingerprint density at radius 3 is 2.70 bits per heavy atom. The van der Waals surface area contributed by atoms with Crippen LogP contribution in [-0.4, -0.2) is 25.4 Å². The Morgan fingerprint density at radius 2 is 1.96 bits per heavy atom. The van der Waals surface area contributed by atoms with Gasteiger partial charge in [-0.25, -0.2) is 9.97 Å². The maximum atomic E-state index is 4.82. The summed E-state index contributed by atoms with van der Waals surface area (Å²) in [4.78, 5) is 12.6. The minimum atomic E-state index is 0.531. The Bertz CT molecular complexity index is 823. The summed E-state index contributed by atoms with van der Waals surface area (Å²) in [6.45, 7) is 4.08. The standard InChI is InChI=1S/C18H23N5/c1-12-8-9-16-22-17(15-10-19-13(2)20-15)18(23(16)11-12)21-14-6-4-3-5-7-14/h8-11,14,21H,3-7H2,1-2H3,(H,19,20). The van der Waals surface area contributed by atoms with Gasteiger partial charge in [-0.2, -0.15) is 0 Å². The Morgan fingerprint density at radius 1 is 1.13 bits per heavy atom. The molecule has 0 spiro atoms. The van der Waals surface area contributed by atoms with E-state index in [1.807, 2.05) is 13.1 Å². The van der Waals surface area contributed by atoms with E-state index < -0.39 is 0 Å². The zero-order chi connectivity index (χ0) is 15.8. The van der Waals surface area contributed by atoms with E-state index in [0.29, 0.717) is 6.04 Å². The molecular weight excluding hydrogens is 286 g/mol. The molecule has 3 heterocycles. The SMILES string of the molecule is Cc1ccc2nc(-c3c[nH]c(C)n3)c(NC3CCCCC3)n2c1. The first-order valence-electron chi connectivity index (χ1n) is 8.48. The molecule has 5 nitrogen and oxygen atoms in total. The first-order valence-corrected chi connectivity index (χ1v) is 8.48. The van der Waals surface area contributed by atoms with Crippen molar-refractivity contribution in [3.63, 3.8) is 0 Å². The quantitative estimate of drug-likeness (QED) is 0.766. The molecule has 5 heteroatoms. The van der Waals surface area contributed by atoms with Crippen molar-refractivity contribution < 1.29 is 0 Å². The second-order valence-electron chi connectivity index (χ2n) is 6.59. The Kier molecular flexibility index (Phi) is 3.56. The third-order valence-electron chi connectivity index (χ3n) is 4.66. The summed E-state index contributed by atoms with van der Waals surface area (Å²) in [5.41, 5.74) is 4.03. The molecule has 0 amide bonds. The molecule has 0 bridgehead atoms. The lowest BCUT2D eigenvalue weighted by atomic mass is 9.95. The minimum absolute atomic E-state index is 0.531. The number of anilines is 1. The molecule has 1 aliphatic rings. The van der Waals surface area contributed by atoms with E-state index in [9.17, 15) is 0 Å². The fraction of sp³-hybridized carbons (Fsp3) is 0.444. The van der Waals surface area contributed by atoms with Crippen molar-refractivity contribution in [1.82, 2.24) is 19.4 Å². The Balaban J connectivity index is 1.81. The molecule has 0 aliphatic heterocycles. The van der Waals surface area contributed by atoms with Crippen LogP contribution in [0.1, 0.15) is 43.5 Å². The van der Waals surface area contributed by atoms with Crippen LogP contribution in [-0.2, 0) is 0 Å². The summed E-state index contributed by atoms with van der Waals surface area (Å²) in [5, 5.41) is 3.75. The molecule has 1 saturated carbocycles. The molecule has 0 unspecified atom stereocenters. The van der Waals surface area contributed by atoms with Gasteiger partial charge in [0, 0.05) is 18.4 Å². The van der Waals surface area contributed by atoms with Gasteiger partial charge >= 0.3 is 0 Å². The molecule has 120 valence electrons. The van der Waals surface area contributed by atoms with Gasteiger partial charge in [0.05, 0.1) is 0 Å². The fourth-order valence-corrected chi connectivity index (χ4v) is 3.45. The molecule has 0 aromatic carbocycles. The van der Waals surface area contributed by atoms with E-state index in [4.69, 9.17) is 4.98 Å². The van der Waals surface area contributed by atoms with Crippen molar-refractivity contribution in [2.24, 2.45) is 0 Å². The van der Waals surface area contributed by atoms with Gasteiger partial charge in [-0.3, -0.25) is 4.40 Å². The number of aryl methyl sites for hydroxylation is 2. The van der Waals surface area contributed by atoms with Gasteiger partial charge in [-0.15, -0.1) is 0 Å². The molecule has 2 N–H and O–H groups in total. The van der Waals surface area contributed by atoms with Crippen LogP contribution in [0.5, 0.6) is 0 Å². The van der Waals surface area contributed by atoms with Crippen molar-refractivity contribution in [1.29, 1.82) is 0 Å². The molecule has 0 saturated heterocycles. The van der Waals surface area contributed by atoms with Gasteiger partial charge in [0.15, 0.2) is 0 Å². The molecular formula is C18H23N5. The lowest BCUT2D eigenvalue weighted by Gasteiger charge is -2.24. The number of fused-ring (bicyclic) bond motifs is 1. The third-order valence-corrected chi connectivity index (χ3v) is 4.66. The van der Waals surface area contributed by atoms with Crippen LogP contribution in [0.15, 0.2) is 24.5 Å². The van der Waals surface area contributed by atoms with Crippen molar-refractivity contribution in [2.75, 3.05) is 5.32 Å². The predicted molar refractivity (Wildman–Crippen MR) is 92.7 cm³/mol. The van der Waals surface area contributed by atoms with Crippen LogP contribution >= 0.6 is 0 Å². The molecule has 0 radical (unpaired) electrons. The topological polar surface area (TPSA) is 58.0 Å². The maximum Gasteiger partial charge on any atom is 0.140 e. The van der Waals surface area contributed by atoms with Gasteiger partial charge in [-0.1, -0.05) is 25.3 Å². The van der Waals surface area contributed by atoms with Gasteiger partial charge in [0.2, 0.25) is 0 Å². The molecule has 1 fully saturated rings. The van der Waals surface area contributed by atoms with E-state index >= 15 is 0 Å². The number of rotatable bonds is 3. The molecule has 3 aromatic heterocycles. The number of H-pyrrole nitrogens is 1. The zero-order valence-corrected chi connectivity index (χ0v) is 13.8. The van der Waals surface area contributed by atoms with Gasteiger partial charge in [0.1, 0.15) is 28.7 Å². The first-order chi connectivity index (χ1) is 11.2. The van der Waals surface area contributed by atoms with Crippen molar-refractivity contribution in [2.45, 2.75) is 52.0 Å². The summed E-state index contributed by atoms with van der Waals surface area (Å²) in [7, 11) is 0. The zero-order valence-electron chi connectivity index (χ0n) is 13.8. The third kappa shape index (κ3) is 2.71. The summed E-state index contributed by atoms with van der Waals surface area (Å²) < 4.78 is 2.17. The van der Waals surface area contributed by atoms with E-state index in [2.05, 4.69) is 44.9 Å². The Hall–Kier alpha value is -2.30. The average molecular weight is 309 g/mol. The van der Waals surface area contributed by atoms with Gasteiger partial charge < -0.3 is 10.3 Å². The number of aromatic nitrogens is 4. The second-order valence-corrected chi connectivity index (χ2v) is 6.59. The van der Waals surface area contributed by atoms with E-state index in [1.54, 1.807) is 0 Å². The van der Waals surface area contributed by atoms with Crippen LogP contribution in [0, 0.1) is 13.8 Å². The monoisotopic (exact) mass is 309 g/mol. The van der Waals surface area contributed by atoms with Crippen LogP contribution < -0.4 is 5.32 Å². The van der Waals surface area contributed by atoms with Gasteiger partial charge in [0.25, 0.3) is 0 Å². The molecule has 23 heavy (non-hydrogen) atoms. The average Bonchev–Trinajstić information content (AvgIpc) is 3.13. The van der Waals surface area contributed by atoms with E-state index in [-0.39, 0.29) is 0 Å².